The molecule has 204 valence electrons. The van der Waals surface area contributed by atoms with Crippen LogP contribution in [0, 0.1) is 11.8 Å². The number of carbonyl (C=O) groups excluding carboxylic acids is 1. The number of nitrogens with zero attached hydrogens (tertiary/aromatic N) is 1. The van der Waals surface area contributed by atoms with Crippen LogP contribution in [0.25, 0.3) is 0 Å². The normalized spacial score (nSPS) is 30.0. The van der Waals surface area contributed by atoms with Crippen molar-refractivity contribution in [3.05, 3.63) is 65.2 Å². The molecule has 6 rings (SSSR count). The highest BCUT2D eigenvalue weighted by Gasteiger charge is 2.52. The maximum atomic E-state index is 14.6. The molecule has 2 saturated heterocycles. The van der Waals surface area contributed by atoms with E-state index in [4.69, 9.17) is 4.74 Å². The number of likely N-dealkylation sites (tertiary alicyclic amines) is 1. The summed E-state index contributed by atoms with van der Waals surface area (Å²) in [6.07, 6.45) is 10.8. The van der Waals surface area contributed by atoms with E-state index in [0.717, 1.165) is 43.4 Å². The lowest BCUT2D eigenvalue weighted by Gasteiger charge is -2.48. The molecule has 3 fully saturated rings. The summed E-state index contributed by atoms with van der Waals surface area (Å²) in [7, 11) is 0. The predicted octanol–water partition coefficient (Wildman–Crippen LogP) is 6.44. The van der Waals surface area contributed by atoms with Crippen LogP contribution in [0.2, 0.25) is 0 Å². The number of halogens is 2. The molecule has 0 unspecified atom stereocenters. The second kappa shape index (κ2) is 11.0. The van der Waals surface area contributed by atoms with Crippen LogP contribution in [-0.4, -0.2) is 43.1 Å². The van der Waals surface area contributed by atoms with Gasteiger partial charge in [-0.2, -0.15) is 8.78 Å². The second-order valence-corrected chi connectivity index (χ2v) is 12.0. The van der Waals surface area contributed by atoms with Gasteiger partial charge in [-0.1, -0.05) is 61.7 Å². The molecule has 1 spiro atoms. The van der Waals surface area contributed by atoms with Gasteiger partial charge in [0.1, 0.15) is 5.75 Å². The molecule has 6 heteroatoms. The molecule has 0 bridgehead atoms. The summed E-state index contributed by atoms with van der Waals surface area (Å²) < 4.78 is 31.3. The Labute approximate surface area is 225 Å². The first-order valence-electron chi connectivity index (χ1n) is 14.7. The van der Waals surface area contributed by atoms with Crippen molar-refractivity contribution in [2.75, 3.05) is 19.6 Å². The minimum Gasteiger partial charge on any atom is -0.435 e. The number of nitrogens with one attached hydrogen (secondary N) is 1. The number of benzene rings is 2. The molecule has 2 aromatic rings. The van der Waals surface area contributed by atoms with Gasteiger partial charge in [0, 0.05) is 31.1 Å². The van der Waals surface area contributed by atoms with Crippen molar-refractivity contribution in [1.82, 2.24) is 10.2 Å². The smallest absolute Gasteiger partial charge is 0.387 e. The first-order valence-corrected chi connectivity index (χ1v) is 14.7. The van der Waals surface area contributed by atoms with Gasteiger partial charge < -0.3 is 15.0 Å². The van der Waals surface area contributed by atoms with Gasteiger partial charge >= 0.3 is 6.61 Å². The van der Waals surface area contributed by atoms with Crippen LogP contribution in [0.15, 0.2) is 48.5 Å². The molecule has 0 radical (unpaired) electrons. The van der Waals surface area contributed by atoms with E-state index in [1.807, 2.05) is 6.07 Å². The van der Waals surface area contributed by atoms with Gasteiger partial charge in [0.25, 0.3) is 0 Å². The molecule has 38 heavy (non-hydrogen) atoms. The van der Waals surface area contributed by atoms with Crippen LogP contribution >= 0.6 is 0 Å². The maximum Gasteiger partial charge on any atom is 0.387 e. The molecule has 4 aliphatic rings. The molecule has 1 amide bonds. The summed E-state index contributed by atoms with van der Waals surface area (Å²) in [4.78, 5) is 16.8. The Hall–Kier alpha value is -2.47. The van der Waals surface area contributed by atoms with E-state index >= 15 is 0 Å². The zero-order chi connectivity index (χ0) is 26.1. The second-order valence-electron chi connectivity index (χ2n) is 12.0. The Bertz CT molecular complexity index is 1120. The summed E-state index contributed by atoms with van der Waals surface area (Å²) in [5.74, 6) is 1.42. The highest BCUT2D eigenvalue weighted by molar-refractivity contribution is 5.82. The number of piperidine rings is 1. The average molecular weight is 523 g/mol. The molecule has 2 heterocycles. The fraction of sp³-hybridized carbons (Fsp3) is 0.594. The highest BCUT2D eigenvalue weighted by Crippen LogP contribution is 2.49. The number of carbonyl (C=O) groups is 1. The minimum absolute atomic E-state index is 0.178. The van der Waals surface area contributed by atoms with Gasteiger partial charge in [-0.05, 0) is 79.5 Å². The third-order valence-corrected chi connectivity index (χ3v) is 10.1. The van der Waals surface area contributed by atoms with Crippen molar-refractivity contribution in [3.8, 4) is 5.75 Å². The van der Waals surface area contributed by atoms with Gasteiger partial charge in [-0.15, -0.1) is 0 Å². The summed E-state index contributed by atoms with van der Waals surface area (Å²) in [5, 5.41) is 3.55. The summed E-state index contributed by atoms with van der Waals surface area (Å²) in [6.45, 7) is -0.689. The van der Waals surface area contributed by atoms with Crippen molar-refractivity contribution in [1.29, 1.82) is 0 Å². The van der Waals surface area contributed by atoms with Gasteiger partial charge in [0.15, 0.2) is 0 Å². The summed E-state index contributed by atoms with van der Waals surface area (Å²) >= 11 is 0. The molecule has 2 aromatic carbocycles. The number of alkyl halides is 2. The lowest BCUT2D eigenvalue weighted by atomic mass is 9.63. The summed E-state index contributed by atoms with van der Waals surface area (Å²) in [5.41, 5.74) is 2.94. The van der Waals surface area contributed by atoms with Gasteiger partial charge in [-0.3, -0.25) is 4.79 Å². The zero-order valence-corrected chi connectivity index (χ0v) is 22.2. The van der Waals surface area contributed by atoms with Gasteiger partial charge in [-0.25, -0.2) is 0 Å². The van der Waals surface area contributed by atoms with Crippen molar-refractivity contribution < 1.29 is 18.3 Å². The Morgan fingerprint density at radius 3 is 2.61 bits per heavy atom. The van der Waals surface area contributed by atoms with E-state index in [1.165, 1.54) is 37.7 Å². The number of amides is 1. The Morgan fingerprint density at radius 1 is 1.00 bits per heavy atom. The molecule has 2 aliphatic heterocycles. The van der Waals surface area contributed by atoms with Crippen LogP contribution in [0.4, 0.5) is 8.78 Å². The number of rotatable bonds is 5. The van der Waals surface area contributed by atoms with Crippen LogP contribution in [0.1, 0.15) is 80.4 Å². The van der Waals surface area contributed by atoms with Crippen molar-refractivity contribution in [3.63, 3.8) is 0 Å². The summed E-state index contributed by atoms with van der Waals surface area (Å²) in [6, 6.07) is 16.6. The maximum absolute atomic E-state index is 14.6. The Balaban J connectivity index is 1.31. The average Bonchev–Trinajstić information content (AvgIpc) is 3.37. The van der Waals surface area contributed by atoms with Gasteiger partial charge in [0.05, 0.1) is 5.92 Å². The Morgan fingerprint density at radius 2 is 1.82 bits per heavy atom. The standard InChI is InChI=1S/C32H40F2N2O2/c33-31(34)38-29-15-7-14-26-25(29)13-8-17-32(26)21-35-20-27(32)30(37)36-18-16-24(22-9-3-1-4-10-22)19-28(36)23-11-5-2-6-12-23/h1,3-4,7,9-10,14-15,23-24,27-28,31,35H,2,5-6,8,11-13,16-21H2/t24-,27+,28+,32+/m1/s1. The molecule has 1 N–H and O–H groups in total. The van der Waals surface area contributed by atoms with Crippen LogP contribution < -0.4 is 10.1 Å². The highest BCUT2D eigenvalue weighted by atomic mass is 19.3. The lowest BCUT2D eigenvalue weighted by molar-refractivity contribution is -0.143. The van der Waals surface area contributed by atoms with Crippen LogP contribution in [-0.2, 0) is 16.6 Å². The third kappa shape index (κ3) is 4.74. The van der Waals surface area contributed by atoms with E-state index in [1.54, 1.807) is 6.07 Å². The van der Waals surface area contributed by atoms with Crippen molar-refractivity contribution in [2.24, 2.45) is 11.8 Å². The molecule has 1 saturated carbocycles. The molecule has 2 aliphatic carbocycles. The molecule has 0 aromatic heterocycles. The van der Waals surface area contributed by atoms with E-state index in [0.29, 0.717) is 31.3 Å². The number of hydrogen-bond acceptors (Lipinski definition) is 3. The fourth-order valence-corrected chi connectivity index (χ4v) is 8.30. The molecular weight excluding hydrogens is 482 g/mol. The largest absolute Gasteiger partial charge is 0.435 e. The van der Waals surface area contributed by atoms with Gasteiger partial charge in [0.2, 0.25) is 5.91 Å². The molecule has 4 atom stereocenters. The first-order chi connectivity index (χ1) is 18.6. The number of ether oxygens (including phenoxy) is 1. The van der Waals surface area contributed by atoms with E-state index in [-0.39, 0.29) is 29.0 Å². The molecular formula is C32H40F2N2O2. The third-order valence-electron chi connectivity index (χ3n) is 10.1. The van der Waals surface area contributed by atoms with E-state index < -0.39 is 6.61 Å². The minimum atomic E-state index is -2.85. The van der Waals surface area contributed by atoms with Crippen molar-refractivity contribution in [2.45, 2.75) is 88.2 Å². The fourth-order valence-electron chi connectivity index (χ4n) is 8.30. The monoisotopic (exact) mass is 522 g/mol. The van der Waals surface area contributed by atoms with Crippen LogP contribution in [0.5, 0.6) is 5.75 Å². The quantitative estimate of drug-likeness (QED) is 0.492. The van der Waals surface area contributed by atoms with Crippen molar-refractivity contribution >= 4 is 5.91 Å². The predicted molar refractivity (Wildman–Crippen MR) is 145 cm³/mol. The topological polar surface area (TPSA) is 41.6 Å². The lowest BCUT2D eigenvalue weighted by Crippen LogP contribution is -2.55. The Kier molecular flexibility index (Phi) is 7.43. The SMILES string of the molecule is O=C([C@@H]1CNC[C@]12CCCc1c(OC(F)F)cccc12)N1CC[C@@H](c2ccccc2)C[C@H]1C1CCCCC1. The number of fused-ring (bicyclic) bond motifs is 2. The van der Waals surface area contributed by atoms with E-state index in [9.17, 15) is 13.6 Å². The van der Waals surface area contributed by atoms with Crippen LogP contribution in [0.3, 0.4) is 0 Å². The molecule has 4 nitrogen and oxygen atoms in total. The first kappa shape index (κ1) is 25.8. The number of hydrogen-bond donors (Lipinski definition) is 1. The zero-order valence-electron chi connectivity index (χ0n) is 22.2. The van der Waals surface area contributed by atoms with E-state index in [2.05, 4.69) is 46.6 Å².